The van der Waals surface area contributed by atoms with E-state index in [-0.39, 0.29) is 23.3 Å². The van der Waals surface area contributed by atoms with Gasteiger partial charge in [-0.05, 0) is 44.9 Å². The van der Waals surface area contributed by atoms with Crippen molar-refractivity contribution in [2.75, 3.05) is 24.5 Å². The maximum Gasteiger partial charge on any atom is 0.271 e. The Morgan fingerprint density at radius 1 is 1.32 bits per heavy atom. The van der Waals surface area contributed by atoms with Crippen LogP contribution in [0.25, 0.3) is 10.9 Å². The van der Waals surface area contributed by atoms with Crippen LogP contribution in [0.15, 0.2) is 46.7 Å². The summed E-state index contributed by atoms with van der Waals surface area (Å²) in [6.45, 7) is 5.95. The summed E-state index contributed by atoms with van der Waals surface area (Å²) >= 11 is 0. The topological polar surface area (TPSA) is 91.6 Å². The van der Waals surface area contributed by atoms with E-state index in [4.69, 9.17) is 0 Å². The van der Waals surface area contributed by atoms with Crippen LogP contribution in [-0.4, -0.2) is 47.3 Å². The molecule has 1 saturated carbocycles. The number of carbonyl (C=O) groups excluding carboxylic acids is 1. The van der Waals surface area contributed by atoms with E-state index in [2.05, 4.69) is 37.2 Å². The van der Waals surface area contributed by atoms with E-state index in [0.717, 1.165) is 24.9 Å². The highest BCUT2D eigenvalue weighted by Crippen LogP contribution is 2.39. The number of amides is 1. The van der Waals surface area contributed by atoms with Gasteiger partial charge in [0.05, 0.1) is 28.4 Å². The summed E-state index contributed by atoms with van der Waals surface area (Å²) in [5.74, 6) is -0.764. The lowest BCUT2D eigenvalue weighted by Gasteiger charge is -2.34. The lowest BCUT2D eigenvalue weighted by atomic mass is 10.0. The number of pyridine rings is 2. The summed E-state index contributed by atoms with van der Waals surface area (Å²) in [4.78, 5) is 31.5. The molecule has 3 heterocycles. The van der Waals surface area contributed by atoms with Crippen LogP contribution in [0, 0.1) is 12.7 Å². The lowest BCUT2D eigenvalue weighted by molar-refractivity contribution is 0.0955. The Balaban J connectivity index is 1.54. The third kappa shape index (κ3) is 4.19. The van der Waals surface area contributed by atoms with Gasteiger partial charge in [0, 0.05) is 61.4 Å². The number of aromatic nitrogens is 2. The summed E-state index contributed by atoms with van der Waals surface area (Å²) in [7, 11) is 0. The zero-order valence-corrected chi connectivity index (χ0v) is 19.2. The van der Waals surface area contributed by atoms with Gasteiger partial charge in [-0.3, -0.25) is 14.6 Å². The van der Waals surface area contributed by atoms with Crippen LogP contribution < -0.4 is 21.1 Å². The van der Waals surface area contributed by atoms with Gasteiger partial charge in [-0.15, -0.1) is 0 Å². The average Bonchev–Trinajstić information content (AvgIpc) is 3.68. The number of carbonyl (C=O) groups is 1. The molecule has 1 atom stereocenters. The van der Waals surface area contributed by atoms with Crippen LogP contribution >= 0.6 is 0 Å². The Morgan fingerprint density at radius 3 is 2.79 bits per heavy atom. The number of hydrogen-bond donors (Lipinski definition) is 2. The fourth-order valence-corrected chi connectivity index (χ4v) is 4.53. The number of hydrazone groups is 1. The summed E-state index contributed by atoms with van der Waals surface area (Å²) < 4.78 is 17.6. The Bertz CT molecular complexity index is 1330. The minimum atomic E-state index is -0.404. The maximum atomic E-state index is 15.5. The van der Waals surface area contributed by atoms with Crippen LogP contribution in [0.4, 0.5) is 10.1 Å². The monoisotopic (exact) mass is 462 g/mol. The highest BCUT2D eigenvalue weighted by atomic mass is 19.1. The number of nitrogens with zero attached hydrogens (tertiary/aromatic N) is 4. The molecule has 1 aliphatic heterocycles. The number of piperazine rings is 1. The van der Waals surface area contributed by atoms with E-state index in [9.17, 15) is 9.59 Å². The highest BCUT2D eigenvalue weighted by molar-refractivity contribution is 5.95. The van der Waals surface area contributed by atoms with Crippen molar-refractivity contribution in [1.29, 1.82) is 0 Å². The molecule has 3 aromatic rings. The Morgan fingerprint density at radius 2 is 2.09 bits per heavy atom. The van der Waals surface area contributed by atoms with Gasteiger partial charge in [-0.2, -0.15) is 5.10 Å². The van der Waals surface area contributed by atoms with Crippen molar-refractivity contribution in [3.63, 3.8) is 0 Å². The van der Waals surface area contributed by atoms with Gasteiger partial charge in [0.2, 0.25) is 0 Å². The predicted octanol–water partition coefficient (Wildman–Crippen LogP) is 2.74. The minimum Gasteiger partial charge on any atom is -0.366 e. The smallest absolute Gasteiger partial charge is 0.271 e. The van der Waals surface area contributed by atoms with Crippen molar-refractivity contribution in [1.82, 2.24) is 20.3 Å². The Labute approximate surface area is 196 Å². The summed E-state index contributed by atoms with van der Waals surface area (Å²) in [5, 5.41) is 7.73. The molecular formula is C25H27FN6O2. The Kier molecular flexibility index (Phi) is 5.87. The van der Waals surface area contributed by atoms with E-state index < -0.39 is 5.91 Å². The molecule has 1 saturated heterocycles. The molecule has 2 N–H and O–H groups in total. The van der Waals surface area contributed by atoms with Crippen molar-refractivity contribution in [3.8, 4) is 0 Å². The van der Waals surface area contributed by atoms with Gasteiger partial charge >= 0.3 is 0 Å². The number of nitrogens with one attached hydrogen (secondary N) is 2. The lowest BCUT2D eigenvalue weighted by Crippen LogP contribution is -2.49. The molecule has 0 spiro atoms. The molecule has 1 amide bonds. The SMILES string of the molecule is Cc1c(F)c(N2CCNC(C)C2)cc2c1c(=O)c(/C=N/NC(=O)c1ccncc1)cn2C1CC1. The molecule has 2 aliphatic rings. The fraction of sp³-hybridized carbons (Fsp3) is 0.360. The normalized spacial score (nSPS) is 18.6. The van der Waals surface area contributed by atoms with Gasteiger partial charge in [0.1, 0.15) is 5.82 Å². The van der Waals surface area contributed by atoms with E-state index in [1.807, 2.05) is 6.07 Å². The number of hydrogen-bond acceptors (Lipinski definition) is 6. The number of rotatable bonds is 5. The second-order valence-corrected chi connectivity index (χ2v) is 9.02. The van der Waals surface area contributed by atoms with Gasteiger partial charge in [-0.25, -0.2) is 9.82 Å². The quantitative estimate of drug-likeness (QED) is 0.449. The third-order valence-electron chi connectivity index (χ3n) is 6.47. The minimum absolute atomic E-state index is 0.260. The second kappa shape index (κ2) is 8.98. The number of halogens is 1. The largest absolute Gasteiger partial charge is 0.366 e. The second-order valence-electron chi connectivity index (χ2n) is 9.02. The molecule has 5 rings (SSSR count). The van der Waals surface area contributed by atoms with Gasteiger partial charge in [0.25, 0.3) is 5.91 Å². The molecule has 1 aliphatic carbocycles. The van der Waals surface area contributed by atoms with Gasteiger partial charge < -0.3 is 14.8 Å². The first-order valence-corrected chi connectivity index (χ1v) is 11.5. The first-order valence-electron chi connectivity index (χ1n) is 11.5. The van der Waals surface area contributed by atoms with E-state index >= 15 is 4.39 Å². The molecule has 2 fully saturated rings. The molecule has 8 nitrogen and oxygen atoms in total. The van der Waals surface area contributed by atoms with Crippen molar-refractivity contribution >= 4 is 28.7 Å². The summed E-state index contributed by atoms with van der Waals surface area (Å²) in [6.07, 6.45) is 8.15. The number of anilines is 1. The van der Waals surface area contributed by atoms with Crippen LogP contribution in [0.5, 0.6) is 0 Å². The standard InChI is InChI=1S/C25H27FN6O2/c1-15-13-31(10-9-28-15)21-11-20-22(16(2)23(21)26)24(33)18(14-32(20)19-3-4-19)12-29-30-25(34)17-5-7-27-8-6-17/h5-8,11-12,14-15,19,28H,3-4,9-10,13H2,1-2H3,(H,30,34)/b29-12+. The van der Waals surface area contributed by atoms with E-state index in [1.54, 1.807) is 25.3 Å². The molecule has 0 bridgehead atoms. The van der Waals surface area contributed by atoms with E-state index in [1.165, 1.54) is 18.6 Å². The molecule has 1 unspecified atom stereocenters. The number of benzene rings is 1. The summed E-state index contributed by atoms with van der Waals surface area (Å²) in [6, 6.07) is 5.49. The Hall–Kier alpha value is -3.59. The molecular weight excluding hydrogens is 435 g/mol. The van der Waals surface area contributed by atoms with Gasteiger partial charge in [0.15, 0.2) is 5.43 Å². The van der Waals surface area contributed by atoms with Crippen molar-refractivity contribution < 1.29 is 9.18 Å². The van der Waals surface area contributed by atoms with Crippen LogP contribution in [-0.2, 0) is 0 Å². The molecule has 176 valence electrons. The predicted molar refractivity (Wildman–Crippen MR) is 130 cm³/mol. The average molecular weight is 463 g/mol. The maximum absolute atomic E-state index is 15.5. The highest BCUT2D eigenvalue weighted by Gasteiger charge is 2.28. The molecule has 1 aromatic carbocycles. The molecule has 0 radical (unpaired) electrons. The first kappa shape index (κ1) is 22.2. The first-order chi connectivity index (χ1) is 16.4. The zero-order valence-electron chi connectivity index (χ0n) is 19.2. The molecule has 2 aromatic heterocycles. The van der Waals surface area contributed by atoms with Crippen molar-refractivity contribution in [2.45, 2.75) is 38.8 Å². The van der Waals surface area contributed by atoms with Crippen molar-refractivity contribution in [3.05, 3.63) is 69.5 Å². The third-order valence-corrected chi connectivity index (χ3v) is 6.47. The van der Waals surface area contributed by atoms with Gasteiger partial charge in [-0.1, -0.05) is 0 Å². The molecule has 34 heavy (non-hydrogen) atoms. The van der Waals surface area contributed by atoms with E-state index in [0.29, 0.717) is 40.9 Å². The van der Waals surface area contributed by atoms with Crippen LogP contribution in [0.1, 0.15) is 47.3 Å². The van der Waals surface area contributed by atoms with Crippen LogP contribution in [0.2, 0.25) is 0 Å². The zero-order chi connectivity index (χ0) is 23.8. The number of fused-ring (bicyclic) bond motifs is 1. The molecule has 9 heteroatoms. The van der Waals surface area contributed by atoms with Crippen molar-refractivity contribution in [2.24, 2.45) is 5.10 Å². The fourth-order valence-electron chi connectivity index (χ4n) is 4.53. The number of aryl methyl sites for hydroxylation is 1. The summed E-state index contributed by atoms with van der Waals surface area (Å²) in [5.41, 5.74) is 4.48. The van der Waals surface area contributed by atoms with Crippen LogP contribution in [0.3, 0.4) is 0 Å².